The molecule has 12 heterocycles. The van der Waals surface area contributed by atoms with Crippen molar-refractivity contribution >= 4 is 57.0 Å². The van der Waals surface area contributed by atoms with Gasteiger partial charge in [-0.25, -0.2) is 44.9 Å². The van der Waals surface area contributed by atoms with E-state index >= 15 is 0 Å². The monoisotopic (exact) mass is 1540 g/mol. The van der Waals surface area contributed by atoms with E-state index in [1.54, 1.807) is 51.2 Å². The molecule has 8 aromatic rings. The number of fused-ring (bicyclic) bond motifs is 8. The van der Waals surface area contributed by atoms with E-state index < -0.39 is 34.0 Å². The van der Waals surface area contributed by atoms with Gasteiger partial charge in [-0.2, -0.15) is 5.10 Å². The van der Waals surface area contributed by atoms with E-state index in [4.69, 9.17) is 5.84 Å². The van der Waals surface area contributed by atoms with Crippen molar-refractivity contribution in [1.82, 2.24) is 84.5 Å². The summed E-state index contributed by atoms with van der Waals surface area (Å²) in [4.78, 5) is 162. The number of hydrogen-bond donors (Lipinski definition) is 7. The van der Waals surface area contributed by atoms with Crippen LogP contribution >= 0.6 is 15.9 Å². The summed E-state index contributed by atoms with van der Waals surface area (Å²) in [7, 11) is 2.93. The Morgan fingerprint density at radius 2 is 0.824 bits per heavy atom. The fourth-order valence-corrected chi connectivity index (χ4v) is 16.5. The Labute approximate surface area is 628 Å². The van der Waals surface area contributed by atoms with Gasteiger partial charge in [0.15, 0.2) is 0 Å². The number of nitrogens with two attached hydrogens (primary N) is 3. The van der Waals surface area contributed by atoms with Gasteiger partial charge in [-0.05, 0) is 217 Å². The fraction of sp³-hybridized carbons (Fsp3) is 0.419. The van der Waals surface area contributed by atoms with E-state index in [2.05, 4.69) is 98.7 Å². The lowest BCUT2D eigenvalue weighted by molar-refractivity contribution is -0.0760. The molecule has 4 spiro atoms. The smallest absolute Gasteiger partial charge is 0.295 e. The van der Waals surface area contributed by atoms with Gasteiger partial charge in [0.05, 0.1) is 28.4 Å². The third-order valence-corrected chi connectivity index (χ3v) is 21.5. The Morgan fingerprint density at radius 3 is 1.20 bits per heavy atom. The van der Waals surface area contributed by atoms with E-state index in [9.17, 15) is 47.9 Å². The normalized spacial score (nSPS) is 17.4. The minimum atomic E-state index is -0.700. The molecule has 0 aromatic carbocycles. The first-order chi connectivity index (χ1) is 51.5. The molecule has 0 saturated heterocycles. The molecule has 4 aliphatic heterocycles. The number of hydrazone groups is 1. The average Bonchev–Trinajstić information content (AvgIpc) is 1.60. The molecule has 108 heavy (non-hydrogen) atoms. The number of rotatable bonds is 8. The predicted molar refractivity (Wildman–Crippen MR) is 399 cm³/mol. The van der Waals surface area contributed by atoms with Crippen LogP contribution in [-0.2, 0) is 33.9 Å². The van der Waals surface area contributed by atoms with Crippen molar-refractivity contribution in [1.29, 1.82) is 0 Å². The predicted octanol–water partition coefficient (Wildman–Crippen LogP) is 4.84. The maximum Gasteiger partial charge on any atom is 0.295 e. The van der Waals surface area contributed by atoms with Gasteiger partial charge in [0, 0.05) is 49.5 Å². The largest absolute Gasteiger partial charge is 0.412 e. The van der Waals surface area contributed by atoms with Crippen LogP contribution in [0.1, 0.15) is 242 Å². The summed E-state index contributed by atoms with van der Waals surface area (Å²) in [6.45, 7) is 7.35. The van der Waals surface area contributed by atoms with Crippen LogP contribution in [0.4, 0.5) is 0 Å². The molecular weight excluding hydrogens is 1450 g/mol. The van der Waals surface area contributed by atoms with E-state index in [1.165, 1.54) is 81.0 Å². The van der Waals surface area contributed by atoms with Crippen molar-refractivity contribution in [3.63, 3.8) is 0 Å². The minimum absolute atomic E-state index is 0. The molecule has 8 aromatic heterocycles. The molecule has 0 atom stereocenters. The molecule has 0 radical (unpaired) electrons. The number of pyridine rings is 4. The maximum absolute atomic E-state index is 13.4. The number of nitrogens with one attached hydrogen (secondary N) is 4. The topological polar surface area (TPSA) is 476 Å². The van der Waals surface area contributed by atoms with E-state index in [0.29, 0.717) is 80.3 Å². The van der Waals surface area contributed by atoms with E-state index in [0.717, 1.165) is 137 Å². The first-order valence-corrected chi connectivity index (χ1v) is 36.4. The Hall–Kier alpha value is -11.1. The SMILES string of the molecule is CON(C)C(=O)c1ccncn1.Cc1cc(Br)c(=O)n2c1C(=O)NC21CCCCC1.Cc1cc(C(=NN)c2ccncn2)c(=O)n2c1C(=O)NC21CCCCC1.Cc1cc(C(=O)c2ccncn2)c(=O)n2c1C(=O)NC21CCCCC1.Cc1cc(Cc2ccncn2)c(=O)n2c1C(=O)NC21CCCCC1.NN.O. The lowest BCUT2D eigenvalue weighted by Crippen LogP contribution is -2.49. The molecule has 0 bridgehead atoms. The van der Waals surface area contributed by atoms with E-state index in [-0.39, 0.29) is 62.9 Å². The van der Waals surface area contributed by atoms with Crippen LogP contribution in [0.2, 0.25) is 0 Å². The van der Waals surface area contributed by atoms with Crippen molar-refractivity contribution in [2.45, 2.75) is 185 Å². The van der Waals surface area contributed by atoms with Gasteiger partial charge in [0.2, 0.25) is 5.78 Å². The molecule has 4 saturated carbocycles. The van der Waals surface area contributed by atoms with Crippen LogP contribution in [0, 0.1) is 27.7 Å². The Bertz CT molecular complexity index is 4990. The van der Waals surface area contributed by atoms with Crippen molar-refractivity contribution in [3.8, 4) is 0 Å². The lowest BCUT2D eigenvalue weighted by atomic mass is 9.89. The highest BCUT2D eigenvalue weighted by Gasteiger charge is 2.49. The summed E-state index contributed by atoms with van der Waals surface area (Å²) in [6, 6.07) is 13.2. The van der Waals surface area contributed by atoms with Gasteiger partial charge in [0.25, 0.3) is 51.8 Å². The van der Waals surface area contributed by atoms with Gasteiger partial charge in [-0.15, -0.1) is 0 Å². The second-order valence-corrected chi connectivity index (χ2v) is 28.5. The van der Waals surface area contributed by atoms with Crippen LogP contribution in [0.25, 0.3) is 0 Å². The molecule has 34 heteroatoms. The number of carbonyl (C=O) groups is 6. The first-order valence-electron chi connectivity index (χ1n) is 35.6. The second-order valence-electron chi connectivity index (χ2n) is 27.6. The summed E-state index contributed by atoms with van der Waals surface area (Å²) in [5, 5.41) is 17.1. The first kappa shape index (κ1) is 79.5. The third kappa shape index (κ3) is 15.4. The molecule has 4 fully saturated rings. The number of halogens is 1. The average molecular weight is 1540 g/mol. The number of amides is 5. The summed E-state index contributed by atoms with van der Waals surface area (Å²) >= 11 is 3.30. The van der Waals surface area contributed by atoms with Crippen molar-refractivity contribution in [2.24, 2.45) is 22.6 Å². The summed E-state index contributed by atoms with van der Waals surface area (Å²) in [6.07, 6.45) is 30.9. The Morgan fingerprint density at radius 1 is 0.481 bits per heavy atom. The van der Waals surface area contributed by atoms with Crippen molar-refractivity contribution < 1.29 is 39.1 Å². The number of hydrogen-bond acceptors (Lipinski definition) is 23. The number of ketones is 1. The standard InChI is InChI=1S/C18H20N6O2.C18H18N4O3.C18H20N4O2.C13H15BrN2O2.C7H9N3O2.H4N2.H2O/c1-11-9-12(14(23-19)13-5-8-20-10-21-13)17(26)24-15(11)16(25)22-18(24)6-3-2-4-7-18;1-11-9-12(15(23)13-5-8-19-10-20-13)17(25)22-14(11)16(24)21-18(22)6-3-2-4-7-18;1-12-9-13(10-14-5-8-19-11-20-14)17(24)22-15(12)16(23)21-18(22)6-3-2-4-7-18;1-8-7-9(14)12(18)16-10(8)11(17)15-13(16)5-3-2-4-6-13;1-10(12-2)7(11)6-3-4-8-5-9-6;1-2;/h5,8-10H,2-4,6-7,19H2,1H3,(H,22,25);5,8-10H,2-4,6-7H2,1H3,(H,21,24);5,8-9,11H,2-4,6-7,10H2,1H3,(H,21,23);7H,2-6H2,1H3,(H,15,17);3-5H,1-2H3;1-2H2;1H2. The van der Waals surface area contributed by atoms with E-state index in [1.807, 2.05) is 32.9 Å². The number of hydrazine groups is 1. The molecule has 568 valence electrons. The zero-order valence-corrected chi connectivity index (χ0v) is 62.5. The van der Waals surface area contributed by atoms with Gasteiger partial charge in [0.1, 0.15) is 87.8 Å². The highest BCUT2D eigenvalue weighted by Crippen LogP contribution is 2.41. The van der Waals surface area contributed by atoms with Crippen LogP contribution in [0.5, 0.6) is 0 Å². The van der Waals surface area contributed by atoms with Crippen LogP contribution < -0.4 is 61.0 Å². The molecule has 33 nitrogen and oxygen atoms in total. The van der Waals surface area contributed by atoms with Crippen molar-refractivity contribution in [2.75, 3.05) is 14.2 Å². The van der Waals surface area contributed by atoms with Crippen molar-refractivity contribution in [3.05, 3.63) is 229 Å². The number of nitrogens with zero attached hydrogens (tertiary/aromatic N) is 14. The highest BCUT2D eigenvalue weighted by molar-refractivity contribution is 9.10. The zero-order chi connectivity index (χ0) is 76.5. The third-order valence-electron chi connectivity index (χ3n) is 20.9. The Balaban J connectivity index is 0.000000146. The minimum Gasteiger partial charge on any atom is -0.412 e. The molecule has 12 N–H and O–H groups in total. The maximum atomic E-state index is 13.4. The highest BCUT2D eigenvalue weighted by atomic mass is 79.9. The quantitative estimate of drug-likeness (QED) is 0.0463. The molecule has 5 amide bonds. The van der Waals surface area contributed by atoms with Gasteiger partial charge in [-0.1, -0.05) is 25.7 Å². The summed E-state index contributed by atoms with van der Waals surface area (Å²) < 4.78 is 7.11. The number of hydroxylamine groups is 2. The van der Waals surface area contributed by atoms with Gasteiger partial charge >= 0.3 is 0 Å². The fourth-order valence-electron chi connectivity index (χ4n) is 16.0. The molecule has 4 aliphatic carbocycles. The number of carbonyl (C=O) groups excluding carboxylic acids is 6. The molecule has 8 aliphatic rings. The Kier molecular flexibility index (Phi) is 24.9. The molecular formula is C74H88BrN21O12. The van der Waals surface area contributed by atoms with Crippen LogP contribution in [0.15, 0.2) is 127 Å². The van der Waals surface area contributed by atoms with Crippen LogP contribution in [-0.4, -0.2) is 124 Å². The summed E-state index contributed by atoms with van der Waals surface area (Å²) in [5.74, 6) is 12.2. The number of aromatic nitrogens is 12. The van der Waals surface area contributed by atoms with Crippen LogP contribution in [0.3, 0.4) is 0 Å². The summed E-state index contributed by atoms with van der Waals surface area (Å²) in [5.41, 5.74) is 4.77. The zero-order valence-electron chi connectivity index (χ0n) is 60.9. The van der Waals surface area contributed by atoms with Gasteiger partial charge < -0.3 is 32.6 Å². The van der Waals surface area contributed by atoms with Gasteiger partial charge in [-0.3, -0.25) is 82.7 Å². The molecule has 16 rings (SSSR count). The lowest BCUT2D eigenvalue weighted by Gasteiger charge is -2.35. The molecule has 0 unspecified atom stereocenters. The number of aryl methyl sites for hydroxylation is 4. The second kappa shape index (κ2) is 33.8.